The Morgan fingerprint density at radius 3 is 2.75 bits per heavy atom. The molecule has 3 rings (SSSR count). The van der Waals surface area contributed by atoms with E-state index in [9.17, 15) is 9.59 Å². The van der Waals surface area contributed by atoms with Crippen molar-refractivity contribution in [1.82, 2.24) is 9.88 Å². The minimum absolute atomic E-state index is 0.134. The van der Waals surface area contributed by atoms with Gasteiger partial charge < -0.3 is 14.4 Å². The Morgan fingerprint density at radius 1 is 1.21 bits per heavy atom. The predicted octanol–water partition coefficient (Wildman–Crippen LogP) is 4.34. The molecule has 2 aromatic rings. The van der Waals surface area contributed by atoms with E-state index in [1.165, 1.54) is 0 Å². The van der Waals surface area contributed by atoms with Crippen LogP contribution in [0.1, 0.15) is 44.0 Å². The summed E-state index contributed by atoms with van der Waals surface area (Å²) in [5, 5.41) is 0. The smallest absolute Gasteiger partial charge is 0.410 e. The summed E-state index contributed by atoms with van der Waals surface area (Å²) >= 11 is 0. The maximum atomic E-state index is 12.3. The zero-order chi connectivity index (χ0) is 20.1. The molecule has 0 N–H and O–H groups in total. The van der Waals surface area contributed by atoms with Gasteiger partial charge in [-0.25, -0.2) is 9.78 Å². The van der Waals surface area contributed by atoms with E-state index in [0.29, 0.717) is 24.5 Å². The van der Waals surface area contributed by atoms with Crippen LogP contribution in [0.25, 0.3) is 11.3 Å². The van der Waals surface area contributed by atoms with E-state index in [1.54, 1.807) is 23.1 Å². The van der Waals surface area contributed by atoms with Gasteiger partial charge >= 0.3 is 6.09 Å². The number of aromatic nitrogens is 1. The molecule has 28 heavy (non-hydrogen) atoms. The Labute approximate surface area is 165 Å². The average molecular weight is 382 g/mol. The van der Waals surface area contributed by atoms with Crippen LogP contribution < -0.4 is 4.74 Å². The number of amides is 1. The fourth-order valence-electron chi connectivity index (χ4n) is 3.11. The van der Waals surface area contributed by atoms with Gasteiger partial charge in [-0.15, -0.1) is 0 Å². The molecule has 148 valence electrons. The zero-order valence-electron chi connectivity index (χ0n) is 16.6. The van der Waals surface area contributed by atoms with Crippen molar-refractivity contribution in [3.05, 3.63) is 48.0 Å². The number of carbonyl (C=O) groups excluding carboxylic acids is 2. The first-order valence-corrected chi connectivity index (χ1v) is 9.51. The topological polar surface area (TPSA) is 68.7 Å². The molecule has 0 radical (unpaired) electrons. The molecular formula is C22H26N2O4. The van der Waals surface area contributed by atoms with Gasteiger partial charge in [0.1, 0.15) is 18.0 Å². The monoisotopic (exact) mass is 382 g/mol. The summed E-state index contributed by atoms with van der Waals surface area (Å²) in [6.45, 7) is 6.72. The van der Waals surface area contributed by atoms with E-state index in [1.807, 2.05) is 45.0 Å². The second-order valence-electron chi connectivity index (χ2n) is 7.91. The first-order valence-electron chi connectivity index (χ1n) is 9.51. The molecule has 1 unspecified atom stereocenters. The molecule has 6 nitrogen and oxygen atoms in total. The van der Waals surface area contributed by atoms with Gasteiger partial charge in [-0.2, -0.15) is 0 Å². The minimum atomic E-state index is -0.517. The second-order valence-corrected chi connectivity index (χ2v) is 7.91. The van der Waals surface area contributed by atoms with E-state index in [0.717, 1.165) is 30.4 Å². The van der Waals surface area contributed by atoms with Crippen molar-refractivity contribution in [1.29, 1.82) is 0 Å². The molecule has 1 aliphatic rings. The van der Waals surface area contributed by atoms with Gasteiger partial charge in [0.2, 0.25) is 5.88 Å². The molecule has 2 heterocycles. The van der Waals surface area contributed by atoms with Crippen molar-refractivity contribution in [2.75, 3.05) is 13.1 Å². The predicted molar refractivity (Wildman–Crippen MR) is 107 cm³/mol. The molecule has 6 heteroatoms. The summed E-state index contributed by atoms with van der Waals surface area (Å²) in [4.78, 5) is 29.6. The fourth-order valence-corrected chi connectivity index (χ4v) is 3.11. The first-order chi connectivity index (χ1) is 13.3. The summed E-state index contributed by atoms with van der Waals surface area (Å²) in [5.74, 6) is 0.505. The van der Waals surface area contributed by atoms with E-state index < -0.39 is 5.60 Å². The second kappa shape index (κ2) is 8.42. The number of hydrogen-bond acceptors (Lipinski definition) is 5. The van der Waals surface area contributed by atoms with Crippen LogP contribution in [-0.4, -0.2) is 47.1 Å². The maximum Gasteiger partial charge on any atom is 0.410 e. The lowest BCUT2D eigenvalue weighted by atomic mass is 10.1. The summed E-state index contributed by atoms with van der Waals surface area (Å²) in [6.07, 6.45) is 2.08. The van der Waals surface area contributed by atoms with Crippen molar-refractivity contribution >= 4 is 12.4 Å². The number of carbonyl (C=O) groups is 2. The lowest BCUT2D eigenvalue weighted by Crippen LogP contribution is -2.46. The lowest BCUT2D eigenvalue weighted by molar-refractivity contribution is 0.00723. The summed E-state index contributed by atoms with van der Waals surface area (Å²) in [7, 11) is 0. The molecule has 1 aromatic heterocycles. The summed E-state index contributed by atoms with van der Waals surface area (Å²) < 4.78 is 11.5. The fraction of sp³-hybridized carbons (Fsp3) is 0.409. The van der Waals surface area contributed by atoms with Gasteiger partial charge in [-0.05, 0) is 45.7 Å². The molecule has 1 atom stereocenters. The number of rotatable bonds is 4. The van der Waals surface area contributed by atoms with Gasteiger partial charge in [0.15, 0.2) is 0 Å². The molecule has 1 aliphatic heterocycles. The Bertz CT molecular complexity index is 844. The van der Waals surface area contributed by atoms with Crippen LogP contribution in [0.2, 0.25) is 0 Å². The summed E-state index contributed by atoms with van der Waals surface area (Å²) in [5.41, 5.74) is 1.68. The molecule has 1 saturated heterocycles. The van der Waals surface area contributed by atoms with Crippen LogP contribution in [0.4, 0.5) is 4.79 Å². The van der Waals surface area contributed by atoms with Crippen molar-refractivity contribution in [3.8, 4) is 17.1 Å². The Morgan fingerprint density at radius 2 is 2.00 bits per heavy atom. The Balaban J connectivity index is 1.68. The first kappa shape index (κ1) is 19.9. The standard InChI is InChI=1S/C22H26N2O4/c1-22(2,3)28-21(26)24-12-6-9-18(14-24)27-20-11-5-10-19(23-20)17-8-4-7-16(13-17)15-25/h4-5,7-8,10-11,13,15,18H,6,9,12,14H2,1-3H3. The van der Waals surface area contributed by atoms with Crippen molar-refractivity contribution < 1.29 is 19.1 Å². The van der Waals surface area contributed by atoms with E-state index in [4.69, 9.17) is 9.47 Å². The molecule has 0 spiro atoms. The third kappa shape index (κ3) is 5.31. The minimum Gasteiger partial charge on any atom is -0.472 e. The van der Waals surface area contributed by atoms with Crippen LogP contribution in [0.5, 0.6) is 5.88 Å². The van der Waals surface area contributed by atoms with Crippen molar-refractivity contribution in [2.24, 2.45) is 0 Å². The largest absolute Gasteiger partial charge is 0.472 e. The lowest BCUT2D eigenvalue weighted by Gasteiger charge is -2.34. The van der Waals surface area contributed by atoms with Crippen LogP contribution >= 0.6 is 0 Å². The molecule has 0 bridgehead atoms. The quantitative estimate of drug-likeness (QED) is 0.736. The van der Waals surface area contributed by atoms with Crippen LogP contribution in [-0.2, 0) is 4.74 Å². The molecule has 1 aromatic carbocycles. The zero-order valence-corrected chi connectivity index (χ0v) is 16.6. The number of benzene rings is 1. The van der Waals surface area contributed by atoms with Crippen LogP contribution in [0, 0.1) is 0 Å². The third-order valence-electron chi connectivity index (χ3n) is 4.36. The van der Waals surface area contributed by atoms with Gasteiger partial charge in [-0.1, -0.05) is 24.3 Å². The average Bonchev–Trinajstić information content (AvgIpc) is 2.67. The SMILES string of the molecule is CC(C)(C)OC(=O)N1CCCC(Oc2cccc(-c3cccc(C=O)c3)n2)C1. The van der Waals surface area contributed by atoms with Crippen LogP contribution in [0.3, 0.4) is 0 Å². The van der Waals surface area contributed by atoms with E-state index in [-0.39, 0.29) is 12.2 Å². The molecular weight excluding hydrogens is 356 g/mol. The van der Waals surface area contributed by atoms with Crippen molar-refractivity contribution in [2.45, 2.75) is 45.3 Å². The highest BCUT2D eigenvalue weighted by atomic mass is 16.6. The normalized spacial score (nSPS) is 17.1. The van der Waals surface area contributed by atoms with E-state index >= 15 is 0 Å². The highest BCUT2D eigenvalue weighted by Crippen LogP contribution is 2.23. The highest BCUT2D eigenvalue weighted by Gasteiger charge is 2.28. The number of piperidine rings is 1. The molecule has 1 amide bonds. The number of nitrogens with zero attached hydrogens (tertiary/aromatic N) is 2. The third-order valence-corrected chi connectivity index (χ3v) is 4.36. The van der Waals surface area contributed by atoms with Gasteiger partial charge in [-0.3, -0.25) is 4.79 Å². The number of hydrogen-bond donors (Lipinski definition) is 0. The van der Waals surface area contributed by atoms with Gasteiger partial charge in [0.25, 0.3) is 0 Å². The van der Waals surface area contributed by atoms with Gasteiger partial charge in [0, 0.05) is 23.7 Å². The Kier molecular flexibility index (Phi) is 5.97. The van der Waals surface area contributed by atoms with E-state index in [2.05, 4.69) is 4.98 Å². The number of pyridine rings is 1. The highest BCUT2D eigenvalue weighted by molar-refractivity contribution is 5.78. The molecule has 0 aliphatic carbocycles. The van der Waals surface area contributed by atoms with Crippen LogP contribution in [0.15, 0.2) is 42.5 Å². The number of likely N-dealkylation sites (tertiary alicyclic amines) is 1. The van der Waals surface area contributed by atoms with Gasteiger partial charge in [0.05, 0.1) is 12.2 Å². The number of aldehydes is 1. The summed E-state index contributed by atoms with van der Waals surface area (Å²) in [6, 6.07) is 12.8. The Hall–Kier alpha value is -2.89. The molecule has 0 saturated carbocycles. The van der Waals surface area contributed by atoms with Crippen molar-refractivity contribution in [3.63, 3.8) is 0 Å². The molecule has 1 fully saturated rings. The maximum absolute atomic E-state index is 12.3. The number of ether oxygens (including phenoxy) is 2.